The van der Waals surface area contributed by atoms with Gasteiger partial charge in [-0.3, -0.25) is 9.69 Å². The number of carbonyl (C=O) groups excluding carboxylic acids is 1. The second-order valence-electron chi connectivity index (χ2n) is 7.65. The van der Waals surface area contributed by atoms with Crippen LogP contribution in [0.25, 0.3) is 0 Å². The number of hydrogen-bond acceptors (Lipinski definition) is 3. The van der Waals surface area contributed by atoms with Gasteiger partial charge >= 0.3 is 0 Å². The first-order valence-electron chi connectivity index (χ1n) is 8.97. The topological polar surface area (TPSA) is 29.5 Å². The molecule has 1 amide bonds. The van der Waals surface area contributed by atoms with Gasteiger partial charge in [0.1, 0.15) is 5.75 Å². The number of benzene rings is 2. The van der Waals surface area contributed by atoms with E-state index in [4.69, 9.17) is 39.5 Å². The summed E-state index contributed by atoms with van der Waals surface area (Å²) < 4.78 is 5.99. The lowest BCUT2D eigenvalue weighted by atomic mass is 10.1. The van der Waals surface area contributed by atoms with Gasteiger partial charge in [-0.1, -0.05) is 48.7 Å². The lowest BCUT2D eigenvalue weighted by molar-refractivity contribution is 0.00757. The van der Waals surface area contributed by atoms with Gasteiger partial charge in [-0.25, -0.2) is 0 Å². The molecule has 2 aromatic rings. The molecule has 0 bridgehead atoms. The Bertz CT molecular complexity index is 850. The summed E-state index contributed by atoms with van der Waals surface area (Å²) >= 11 is 20.0. The maximum atomic E-state index is 13.5. The number of nitrogens with zero attached hydrogens (tertiary/aromatic N) is 1. The molecular weight excluding hydrogens is 437 g/mol. The summed E-state index contributed by atoms with van der Waals surface area (Å²) in [6.45, 7) is 8.38. The molecule has 0 aromatic heterocycles. The Morgan fingerprint density at radius 1 is 1.04 bits per heavy atom. The molecule has 1 aliphatic heterocycles. The fraction of sp³-hybridized carbons (Fsp3) is 0.381. The summed E-state index contributed by atoms with van der Waals surface area (Å²) in [6.07, 6.45) is -0.462. The number of halogens is 3. The third-order valence-corrected chi connectivity index (χ3v) is 7.03. The molecule has 3 nitrogen and oxygen atoms in total. The van der Waals surface area contributed by atoms with Crippen molar-refractivity contribution in [2.45, 2.75) is 44.0 Å². The molecule has 2 unspecified atom stereocenters. The quantitative estimate of drug-likeness (QED) is 0.494. The van der Waals surface area contributed by atoms with Crippen LogP contribution in [0.4, 0.5) is 0 Å². The average Bonchev–Trinajstić information content (AvgIpc) is 2.86. The minimum absolute atomic E-state index is 0.0439. The first kappa shape index (κ1) is 21.6. The highest BCUT2D eigenvalue weighted by atomic mass is 35.5. The van der Waals surface area contributed by atoms with E-state index >= 15 is 0 Å². The molecule has 0 aliphatic carbocycles. The molecule has 1 saturated heterocycles. The molecule has 150 valence electrons. The van der Waals surface area contributed by atoms with Crippen LogP contribution in [-0.2, 0) is 0 Å². The van der Waals surface area contributed by atoms with E-state index in [0.29, 0.717) is 26.4 Å². The van der Waals surface area contributed by atoms with Crippen molar-refractivity contribution < 1.29 is 9.53 Å². The van der Waals surface area contributed by atoms with E-state index in [1.54, 1.807) is 42.1 Å². The van der Waals surface area contributed by atoms with Gasteiger partial charge in [-0.05, 0) is 62.2 Å². The van der Waals surface area contributed by atoms with Crippen LogP contribution in [0.5, 0.6) is 5.75 Å². The summed E-state index contributed by atoms with van der Waals surface area (Å²) in [5.41, 5.74) is 0.450. The Balaban J connectivity index is 2.00. The van der Waals surface area contributed by atoms with Crippen molar-refractivity contribution in [3.05, 3.63) is 63.1 Å². The molecule has 3 rings (SSSR count). The van der Waals surface area contributed by atoms with Crippen LogP contribution in [0, 0.1) is 5.92 Å². The number of thioether (sulfide) groups is 1. The van der Waals surface area contributed by atoms with Crippen molar-refractivity contribution in [2.75, 3.05) is 0 Å². The molecular formula is C21H22Cl3NO2S. The van der Waals surface area contributed by atoms with Crippen LogP contribution in [0.3, 0.4) is 0 Å². The van der Waals surface area contributed by atoms with Gasteiger partial charge in [0.05, 0.1) is 10.1 Å². The Kier molecular flexibility index (Phi) is 6.45. The van der Waals surface area contributed by atoms with Crippen LogP contribution in [0.2, 0.25) is 15.1 Å². The lowest BCUT2D eigenvalue weighted by Gasteiger charge is -2.34. The van der Waals surface area contributed by atoms with E-state index in [0.717, 1.165) is 0 Å². The van der Waals surface area contributed by atoms with Crippen LogP contribution in [-0.4, -0.2) is 27.2 Å². The molecule has 0 spiro atoms. The summed E-state index contributed by atoms with van der Waals surface area (Å²) in [5.74, 6) is 0.747. The van der Waals surface area contributed by atoms with Crippen LogP contribution in [0.15, 0.2) is 42.5 Å². The summed E-state index contributed by atoms with van der Waals surface area (Å²) in [5, 5.41) is 1.45. The number of carbonyl (C=O) groups is 1. The monoisotopic (exact) mass is 457 g/mol. The third kappa shape index (κ3) is 4.56. The average molecular weight is 459 g/mol. The standard InChI is InChI=1S/C21H22Cl3NO2S/c1-12(2)19-25(18(26)13-9-15(23)11-16(24)10-13)20(21(3,4)28-19)27-17-7-5-14(22)6-8-17/h5-12,19-20H,1-4H3. The van der Waals surface area contributed by atoms with Crippen molar-refractivity contribution in [2.24, 2.45) is 5.92 Å². The van der Waals surface area contributed by atoms with Crippen molar-refractivity contribution in [3.63, 3.8) is 0 Å². The highest BCUT2D eigenvalue weighted by Crippen LogP contribution is 2.48. The van der Waals surface area contributed by atoms with Crippen LogP contribution < -0.4 is 4.74 Å². The molecule has 0 saturated carbocycles. The second-order valence-corrected chi connectivity index (χ2v) is 10.7. The first-order valence-corrected chi connectivity index (χ1v) is 11.0. The van der Waals surface area contributed by atoms with Gasteiger partial charge in [0.15, 0.2) is 6.23 Å². The summed E-state index contributed by atoms with van der Waals surface area (Å²) in [6, 6.07) is 12.1. The van der Waals surface area contributed by atoms with Crippen LogP contribution in [0.1, 0.15) is 38.1 Å². The smallest absolute Gasteiger partial charge is 0.257 e. The molecule has 0 N–H and O–H groups in total. The zero-order valence-electron chi connectivity index (χ0n) is 16.1. The Labute approximate surface area is 185 Å². The van der Waals surface area contributed by atoms with Crippen molar-refractivity contribution in [1.82, 2.24) is 4.90 Å². The minimum atomic E-state index is -0.462. The molecule has 0 radical (unpaired) electrons. The highest BCUT2D eigenvalue weighted by Gasteiger charge is 2.52. The highest BCUT2D eigenvalue weighted by molar-refractivity contribution is 8.01. The zero-order valence-corrected chi connectivity index (χ0v) is 19.2. The van der Waals surface area contributed by atoms with E-state index in [1.807, 2.05) is 17.0 Å². The molecule has 1 fully saturated rings. The lowest BCUT2D eigenvalue weighted by Crippen LogP contribution is -2.50. The van der Waals surface area contributed by atoms with E-state index in [1.165, 1.54) is 0 Å². The maximum Gasteiger partial charge on any atom is 0.257 e. The third-order valence-electron chi connectivity index (χ3n) is 4.52. The summed E-state index contributed by atoms with van der Waals surface area (Å²) in [4.78, 5) is 15.3. The van der Waals surface area contributed by atoms with Gasteiger partial charge in [-0.2, -0.15) is 0 Å². The first-order chi connectivity index (χ1) is 13.1. The van der Waals surface area contributed by atoms with Crippen molar-refractivity contribution in [3.8, 4) is 5.75 Å². The molecule has 1 aliphatic rings. The predicted molar refractivity (Wildman–Crippen MR) is 119 cm³/mol. The zero-order chi connectivity index (χ0) is 20.6. The maximum absolute atomic E-state index is 13.5. The van der Waals surface area contributed by atoms with Gasteiger partial charge in [0.25, 0.3) is 5.91 Å². The Morgan fingerprint density at radius 2 is 1.61 bits per heavy atom. The van der Waals surface area contributed by atoms with E-state index in [2.05, 4.69) is 27.7 Å². The predicted octanol–water partition coefficient (Wildman–Crippen LogP) is 7.00. The van der Waals surface area contributed by atoms with E-state index in [-0.39, 0.29) is 21.9 Å². The summed E-state index contributed by atoms with van der Waals surface area (Å²) in [7, 11) is 0. The molecule has 2 atom stereocenters. The van der Waals surface area contributed by atoms with Gasteiger partial charge < -0.3 is 4.74 Å². The van der Waals surface area contributed by atoms with Gasteiger partial charge in [0.2, 0.25) is 0 Å². The fourth-order valence-electron chi connectivity index (χ4n) is 3.24. The van der Waals surface area contributed by atoms with Crippen LogP contribution >= 0.6 is 46.6 Å². The minimum Gasteiger partial charge on any atom is -0.469 e. The SMILES string of the molecule is CC(C)C1SC(C)(C)C(Oc2ccc(Cl)cc2)N1C(=O)c1cc(Cl)cc(Cl)c1. The number of hydrogen-bond donors (Lipinski definition) is 0. The van der Waals surface area contributed by atoms with Crippen molar-refractivity contribution >= 4 is 52.5 Å². The fourth-order valence-corrected chi connectivity index (χ4v) is 5.39. The van der Waals surface area contributed by atoms with E-state index < -0.39 is 6.23 Å². The molecule has 2 aromatic carbocycles. The largest absolute Gasteiger partial charge is 0.469 e. The molecule has 1 heterocycles. The normalized spacial score (nSPS) is 21.2. The Morgan fingerprint density at radius 3 is 2.14 bits per heavy atom. The number of ether oxygens (including phenoxy) is 1. The van der Waals surface area contributed by atoms with Gasteiger partial charge in [0, 0.05) is 20.6 Å². The molecule has 7 heteroatoms. The Hall–Kier alpha value is -1.07. The van der Waals surface area contributed by atoms with Gasteiger partial charge in [-0.15, -0.1) is 11.8 Å². The number of amides is 1. The molecule has 28 heavy (non-hydrogen) atoms. The second kappa shape index (κ2) is 8.35. The van der Waals surface area contributed by atoms with E-state index in [9.17, 15) is 4.79 Å². The number of rotatable bonds is 4. The van der Waals surface area contributed by atoms with Crippen molar-refractivity contribution in [1.29, 1.82) is 0 Å².